The number of anilines is 1. The minimum absolute atomic E-state index is 0.161. The van der Waals surface area contributed by atoms with Gasteiger partial charge in [-0.1, -0.05) is 6.07 Å². The Kier molecular flexibility index (Phi) is 4.72. The molecule has 0 spiro atoms. The van der Waals surface area contributed by atoms with Crippen molar-refractivity contribution in [1.29, 1.82) is 0 Å². The number of nitrogens with one attached hydrogen (secondary N) is 2. The molecule has 0 aliphatic heterocycles. The van der Waals surface area contributed by atoms with Crippen molar-refractivity contribution in [1.82, 2.24) is 5.32 Å². The number of hydrogen-bond donors (Lipinski definition) is 3. The lowest BCUT2D eigenvalue weighted by Crippen LogP contribution is -2.27. The second-order valence-electron chi connectivity index (χ2n) is 4.59. The van der Waals surface area contributed by atoms with Gasteiger partial charge in [0.15, 0.2) is 0 Å². The molecule has 6 heteroatoms. The molecule has 0 saturated heterocycles. The zero-order valence-electron chi connectivity index (χ0n) is 11.8. The summed E-state index contributed by atoms with van der Waals surface area (Å²) in [5.74, 6) is -0.431. The van der Waals surface area contributed by atoms with Gasteiger partial charge in [-0.3, -0.25) is 9.59 Å². The molecule has 0 saturated carbocycles. The van der Waals surface area contributed by atoms with Crippen molar-refractivity contribution in [3.8, 4) is 0 Å². The highest BCUT2D eigenvalue weighted by atomic mass is 32.1. The van der Waals surface area contributed by atoms with Crippen LogP contribution >= 0.6 is 11.3 Å². The Morgan fingerprint density at radius 2 is 2.05 bits per heavy atom. The highest BCUT2D eigenvalue weighted by Crippen LogP contribution is 2.21. The second-order valence-corrected chi connectivity index (χ2v) is 5.57. The van der Waals surface area contributed by atoms with Crippen LogP contribution in [0, 0.1) is 6.92 Å². The fourth-order valence-corrected chi connectivity index (χ4v) is 2.62. The predicted octanol–water partition coefficient (Wildman–Crippen LogP) is 2.05. The molecule has 1 atom stereocenters. The lowest BCUT2D eigenvalue weighted by Gasteiger charge is -2.13. The maximum absolute atomic E-state index is 12.1. The van der Waals surface area contributed by atoms with Crippen LogP contribution in [-0.2, 0) is 4.79 Å². The number of amides is 2. The van der Waals surface area contributed by atoms with Gasteiger partial charge in [-0.05, 0) is 42.1 Å². The van der Waals surface area contributed by atoms with Crippen molar-refractivity contribution < 1.29 is 9.59 Å². The van der Waals surface area contributed by atoms with Gasteiger partial charge in [0.25, 0.3) is 5.91 Å². The molecule has 1 aromatic heterocycles. The maximum Gasteiger partial charge on any atom is 0.251 e. The quantitative estimate of drug-likeness (QED) is 0.808. The highest BCUT2D eigenvalue weighted by Gasteiger charge is 2.17. The van der Waals surface area contributed by atoms with Crippen LogP contribution in [0.4, 0.5) is 5.69 Å². The average Bonchev–Trinajstić information content (AvgIpc) is 3.01. The molecule has 110 valence electrons. The third-order valence-corrected chi connectivity index (χ3v) is 4.06. The number of hydrogen-bond acceptors (Lipinski definition) is 4. The normalized spacial score (nSPS) is 11.8. The molecule has 1 heterocycles. The van der Waals surface area contributed by atoms with Crippen molar-refractivity contribution in [3.63, 3.8) is 0 Å². The molecule has 2 amide bonds. The first-order valence-corrected chi connectivity index (χ1v) is 7.33. The van der Waals surface area contributed by atoms with Crippen molar-refractivity contribution in [2.75, 3.05) is 12.4 Å². The van der Waals surface area contributed by atoms with Gasteiger partial charge in [-0.25, -0.2) is 0 Å². The predicted molar refractivity (Wildman–Crippen MR) is 84.4 cm³/mol. The van der Waals surface area contributed by atoms with Gasteiger partial charge in [0, 0.05) is 23.2 Å². The summed E-state index contributed by atoms with van der Waals surface area (Å²) in [7, 11) is 1.58. The SMILES string of the molecule is CNC(=O)c1ccc(NC(=O)C(N)c2cccs2)c(C)c1. The lowest BCUT2D eigenvalue weighted by molar-refractivity contribution is -0.117. The average molecular weight is 303 g/mol. The fraction of sp³-hybridized carbons (Fsp3) is 0.200. The molecule has 4 N–H and O–H groups in total. The number of aryl methyl sites for hydroxylation is 1. The topological polar surface area (TPSA) is 84.2 Å². The summed E-state index contributed by atoms with van der Waals surface area (Å²) >= 11 is 1.44. The largest absolute Gasteiger partial charge is 0.355 e. The molecule has 1 aromatic carbocycles. The van der Waals surface area contributed by atoms with Gasteiger partial charge in [0.1, 0.15) is 6.04 Å². The number of thiophene rings is 1. The Labute approximate surface area is 127 Å². The monoisotopic (exact) mass is 303 g/mol. The van der Waals surface area contributed by atoms with Crippen LogP contribution < -0.4 is 16.4 Å². The molecule has 0 fully saturated rings. The third-order valence-electron chi connectivity index (χ3n) is 3.11. The molecule has 2 aromatic rings. The first-order chi connectivity index (χ1) is 10.0. The van der Waals surface area contributed by atoms with Gasteiger partial charge in [0.2, 0.25) is 5.91 Å². The summed E-state index contributed by atoms with van der Waals surface area (Å²) in [5, 5.41) is 7.23. The summed E-state index contributed by atoms with van der Waals surface area (Å²) < 4.78 is 0. The van der Waals surface area contributed by atoms with E-state index in [4.69, 9.17) is 5.73 Å². The van der Waals surface area contributed by atoms with E-state index >= 15 is 0 Å². The van der Waals surface area contributed by atoms with E-state index in [-0.39, 0.29) is 11.8 Å². The van der Waals surface area contributed by atoms with Crippen LogP contribution in [0.25, 0.3) is 0 Å². The minimum atomic E-state index is -0.692. The van der Waals surface area contributed by atoms with E-state index in [1.54, 1.807) is 25.2 Å². The minimum Gasteiger partial charge on any atom is -0.355 e. The Hall–Kier alpha value is -2.18. The number of nitrogens with two attached hydrogens (primary N) is 1. The van der Waals surface area contributed by atoms with Crippen LogP contribution in [-0.4, -0.2) is 18.9 Å². The molecule has 21 heavy (non-hydrogen) atoms. The molecule has 0 bridgehead atoms. The second kappa shape index (κ2) is 6.51. The maximum atomic E-state index is 12.1. The number of rotatable bonds is 4. The first kappa shape index (κ1) is 15.2. The lowest BCUT2D eigenvalue weighted by atomic mass is 10.1. The van der Waals surface area contributed by atoms with Crippen molar-refractivity contribution in [3.05, 3.63) is 51.7 Å². The van der Waals surface area contributed by atoms with E-state index in [0.29, 0.717) is 11.3 Å². The molecule has 0 radical (unpaired) electrons. The van der Waals surface area contributed by atoms with Gasteiger partial charge in [-0.2, -0.15) is 0 Å². The van der Waals surface area contributed by atoms with Crippen molar-refractivity contribution >= 4 is 28.8 Å². The third kappa shape index (κ3) is 3.48. The summed E-state index contributed by atoms with van der Waals surface area (Å²) in [4.78, 5) is 24.5. The molecular formula is C15H17N3O2S. The van der Waals surface area contributed by atoms with Crippen LogP contribution in [0.15, 0.2) is 35.7 Å². The van der Waals surface area contributed by atoms with Gasteiger partial charge >= 0.3 is 0 Å². The Balaban J connectivity index is 2.13. The summed E-state index contributed by atoms with van der Waals surface area (Å²) in [6, 6.07) is 8.10. The zero-order chi connectivity index (χ0) is 15.4. The summed E-state index contributed by atoms with van der Waals surface area (Å²) in [6.45, 7) is 1.83. The summed E-state index contributed by atoms with van der Waals surface area (Å²) in [5.41, 5.74) is 7.93. The molecule has 5 nitrogen and oxygen atoms in total. The Morgan fingerprint density at radius 3 is 2.62 bits per heavy atom. The molecule has 1 unspecified atom stereocenters. The van der Waals surface area contributed by atoms with E-state index in [9.17, 15) is 9.59 Å². The molecular weight excluding hydrogens is 286 g/mol. The van der Waals surface area contributed by atoms with E-state index in [1.165, 1.54) is 11.3 Å². The van der Waals surface area contributed by atoms with Crippen LogP contribution in [0.3, 0.4) is 0 Å². The molecule has 0 aliphatic carbocycles. The Bertz CT molecular complexity index is 653. The van der Waals surface area contributed by atoms with E-state index < -0.39 is 6.04 Å². The molecule has 0 aliphatic rings. The zero-order valence-corrected chi connectivity index (χ0v) is 12.7. The fourth-order valence-electron chi connectivity index (χ4n) is 1.90. The van der Waals surface area contributed by atoms with Crippen molar-refractivity contribution in [2.24, 2.45) is 5.73 Å². The van der Waals surface area contributed by atoms with E-state index in [0.717, 1.165) is 10.4 Å². The van der Waals surface area contributed by atoms with Crippen molar-refractivity contribution in [2.45, 2.75) is 13.0 Å². The number of carbonyl (C=O) groups excluding carboxylic acids is 2. The van der Waals surface area contributed by atoms with Crippen LogP contribution in [0.5, 0.6) is 0 Å². The smallest absolute Gasteiger partial charge is 0.251 e. The summed E-state index contributed by atoms with van der Waals surface area (Å²) in [6.07, 6.45) is 0. The van der Waals surface area contributed by atoms with Crippen LogP contribution in [0.2, 0.25) is 0 Å². The van der Waals surface area contributed by atoms with Gasteiger partial charge in [-0.15, -0.1) is 11.3 Å². The standard InChI is InChI=1S/C15H17N3O2S/c1-9-8-10(14(19)17-2)5-6-11(9)18-15(20)13(16)12-4-3-7-21-12/h3-8,13H,16H2,1-2H3,(H,17,19)(H,18,20). The van der Waals surface area contributed by atoms with E-state index in [2.05, 4.69) is 10.6 Å². The molecule has 2 rings (SSSR count). The highest BCUT2D eigenvalue weighted by molar-refractivity contribution is 7.10. The number of carbonyl (C=O) groups is 2. The van der Waals surface area contributed by atoms with Gasteiger partial charge < -0.3 is 16.4 Å². The first-order valence-electron chi connectivity index (χ1n) is 6.45. The Morgan fingerprint density at radius 1 is 1.29 bits per heavy atom. The van der Waals surface area contributed by atoms with E-state index in [1.807, 2.05) is 24.4 Å². The van der Waals surface area contributed by atoms with Crippen LogP contribution in [0.1, 0.15) is 26.8 Å². The number of benzene rings is 1. The van der Waals surface area contributed by atoms with Gasteiger partial charge in [0.05, 0.1) is 0 Å².